The Kier molecular flexibility index (Phi) is 6.24. The first-order valence-corrected chi connectivity index (χ1v) is 9.97. The molecule has 2 heterocycles. The van der Waals surface area contributed by atoms with E-state index in [9.17, 15) is 9.59 Å². The Bertz CT molecular complexity index is 641. The Balaban J connectivity index is 1.46. The van der Waals surface area contributed by atoms with Gasteiger partial charge in [0.1, 0.15) is 0 Å². The van der Waals surface area contributed by atoms with Crippen LogP contribution in [0.1, 0.15) is 19.3 Å². The van der Waals surface area contributed by atoms with E-state index in [2.05, 4.69) is 29.2 Å². The molecule has 0 radical (unpaired) electrons. The van der Waals surface area contributed by atoms with Gasteiger partial charge in [-0.1, -0.05) is 18.2 Å². The summed E-state index contributed by atoms with van der Waals surface area (Å²) in [6.45, 7) is 4.23. The number of likely N-dealkylation sites (tertiary alicyclic amines) is 1. The van der Waals surface area contributed by atoms with Crippen LogP contribution >= 0.6 is 0 Å². The number of carbonyl (C=O) groups is 2. The first-order chi connectivity index (χ1) is 13.0. The number of anilines is 1. The molecule has 0 spiro atoms. The average Bonchev–Trinajstić information content (AvgIpc) is 3.16. The number of hydrogen-bond donors (Lipinski definition) is 0. The minimum atomic E-state index is 0.0428. The van der Waals surface area contributed by atoms with E-state index in [1.54, 1.807) is 19.0 Å². The minimum absolute atomic E-state index is 0.0428. The molecule has 0 aliphatic carbocycles. The predicted molar refractivity (Wildman–Crippen MR) is 108 cm³/mol. The third-order valence-corrected chi connectivity index (χ3v) is 5.81. The van der Waals surface area contributed by atoms with Crippen molar-refractivity contribution in [2.45, 2.75) is 19.3 Å². The fourth-order valence-corrected chi connectivity index (χ4v) is 4.24. The Morgan fingerprint density at radius 3 is 2.30 bits per heavy atom. The number of hydrogen-bond acceptors (Lipinski definition) is 3. The first kappa shape index (κ1) is 19.5. The number of carbonyl (C=O) groups excluding carboxylic acids is 2. The van der Waals surface area contributed by atoms with Crippen molar-refractivity contribution in [2.24, 2.45) is 11.8 Å². The molecule has 1 aromatic rings. The van der Waals surface area contributed by atoms with Gasteiger partial charge in [-0.2, -0.15) is 0 Å². The van der Waals surface area contributed by atoms with Crippen molar-refractivity contribution in [3.8, 4) is 0 Å². The molecule has 0 saturated carbocycles. The number of benzene rings is 1. The standard InChI is InChI=1S/C21H32N4O2/c1-22(2)21(27)24-13-10-18(11-14-24)20(26)23(3)15-17-9-12-25(16-17)19-7-5-4-6-8-19/h4-8,17-18H,9-16H2,1-3H3/t17-/m1/s1. The van der Waals surface area contributed by atoms with Crippen LogP contribution in [0.5, 0.6) is 0 Å². The molecule has 0 unspecified atom stereocenters. The van der Waals surface area contributed by atoms with Crippen molar-refractivity contribution in [3.63, 3.8) is 0 Å². The van der Waals surface area contributed by atoms with Gasteiger partial charge in [-0.05, 0) is 37.3 Å². The highest BCUT2D eigenvalue weighted by atomic mass is 16.2. The molecule has 1 aromatic carbocycles. The Labute approximate surface area is 162 Å². The molecule has 3 amide bonds. The van der Waals surface area contributed by atoms with E-state index in [0.29, 0.717) is 19.0 Å². The zero-order valence-corrected chi connectivity index (χ0v) is 16.8. The molecule has 6 heteroatoms. The van der Waals surface area contributed by atoms with Gasteiger partial charge in [0.25, 0.3) is 0 Å². The summed E-state index contributed by atoms with van der Waals surface area (Å²) in [5.41, 5.74) is 1.27. The van der Waals surface area contributed by atoms with E-state index in [1.807, 2.05) is 22.9 Å². The molecule has 2 saturated heterocycles. The van der Waals surface area contributed by atoms with Crippen LogP contribution in [0.3, 0.4) is 0 Å². The summed E-state index contributed by atoms with van der Waals surface area (Å²) in [6, 6.07) is 10.5. The topological polar surface area (TPSA) is 47.1 Å². The monoisotopic (exact) mass is 372 g/mol. The maximum absolute atomic E-state index is 12.8. The van der Waals surface area contributed by atoms with Crippen molar-refractivity contribution < 1.29 is 9.59 Å². The average molecular weight is 373 g/mol. The molecule has 6 nitrogen and oxygen atoms in total. The molecule has 0 aromatic heterocycles. The lowest BCUT2D eigenvalue weighted by Gasteiger charge is -2.35. The number of piperidine rings is 1. The van der Waals surface area contributed by atoms with Gasteiger partial charge in [0.2, 0.25) is 5.91 Å². The van der Waals surface area contributed by atoms with Gasteiger partial charge < -0.3 is 19.6 Å². The summed E-state index contributed by atoms with van der Waals surface area (Å²) in [5.74, 6) is 0.813. The van der Waals surface area contributed by atoms with Crippen molar-refractivity contribution in [1.82, 2.24) is 14.7 Å². The summed E-state index contributed by atoms with van der Waals surface area (Å²) in [4.78, 5) is 32.7. The number of rotatable bonds is 4. The molecule has 0 bridgehead atoms. The van der Waals surface area contributed by atoms with Crippen LogP contribution in [0.4, 0.5) is 10.5 Å². The van der Waals surface area contributed by atoms with Gasteiger partial charge >= 0.3 is 6.03 Å². The van der Waals surface area contributed by atoms with Gasteiger partial charge in [-0.3, -0.25) is 4.79 Å². The van der Waals surface area contributed by atoms with Crippen molar-refractivity contribution >= 4 is 17.6 Å². The van der Waals surface area contributed by atoms with Crippen molar-refractivity contribution in [2.75, 3.05) is 58.8 Å². The van der Waals surface area contributed by atoms with Crippen LogP contribution in [0.2, 0.25) is 0 Å². The quantitative estimate of drug-likeness (QED) is 0.815. The lowest BCUT2D eigenvalue weighted by Crippen LogP contribution is -2.47. The van der Waals surface area contributed by atoms with Gasteiger partial charge in [0.05, 0.1) is 0 Å². The third-order valence-electron chi connectivity index (χ3n) is 5.81. The molecule has 1 atom stereocenters. The van der Waals surface area contributed by atoms with Crippen LogP contribution in [0.25, 0.3) is 0 Å². The van der Waals surface area contributed by atoms with Crippen LogP contribution in [0.15, 0.2) is 30.3 Å². The summed E-state index contributed by atoms with van der Waals surface area (Å²) >= 11 is 0. The second kappa shape index (κ2) is 8.63. The maximum atomic E-state index is 12.8. The maximum Gasteiger partial charge on any atom is 0.319 e. The van der Waals surface area contributed by atoms with E-state index < -0.39 is 0 Å². The van der Waals surface area contributed by atoms with E-state index in [-0.39, 0.29) is 17.9 Å². The fourth-order valence-electron chi connectivity index (χ4n) is 4.24. The van der Waals surface area contributed by atoms with E-state index in [4.69, 9.17) is 0 Å². The second-order valence-electron chi connectivity index (χ2n) is 8.09. The Morgan fingerprint density at radius 1 is 1.00 bits per heavy atom. The molecule has 3 rings (SSSR count). The number of amides is 3. The molecule has 2 fully saturated rings. The zero-order valence-electron chi connectivity index (χ0n) is 16.8. The van der Waals surface area contributed by atoms with E-state index >= 15 is 0 Å². The predicted octanol–water partition coefficient (Wildman–Crippen LogP) is 2.36. The summed E-state index contributed by atoms with van der Waals surface area (Å²) < 4.78 is 0. The summed E-state index contributed by atoms with van der Waals surface area (Å²) in [5, 5.41) is 0. The van der Waals surface area contributed by atoms with Gasteiger partial charge in [-0.25, -0.2) is 4.79 Å². The number of nitrogens with zero attached hydrogens (tertiary/aromatic N) is 4. The van der Waals surface area contributed by atoms with Crippen molar-refractivity contribution in [3.05, 3.63) is 30.3 Å². The van der Waals surface area contributed by atoms with Crippen LogP contribution < -0.4 is 4.90 Å². The van der Waals surface area contributed by atoms with E-state index in [0.717, 1.165) is 38.9 Å². The normalized spacial score (nSPS) is 20.6. The van der Waals surface area contributed by atoms with Gasteiger partial charge in [0.15, 0.2) is 0 Å². The van der Waals surface area contributed by atoms with Crippen LogP contribution in [-0.2, 0) is 4.79 Å². The first-order valence-electron chi connectivity index (χ1n) is 9.97. The zero-order chi connectivity index (χ0) is 19.4. The highest BCUT2D eigenvalue weighted by Gasteiger charge is 2.31. The molecule has 0 N–H and O–H groups in total. The Hall–Kier alpha value is -2.24. The van der Waals surface area contributed by atoms with Crippen molar-refractivity contribution in [1.29, 1.82) is 0 Å². The Morgan fingerprint density at radius 2 is 1.67 bits per heavy atom. The lowest BCUT2D eigenvalue weighted by atomic mass is 9.95. The third kappa shape index (κ3) is 4.73. The fraction of sp³-hybridized carbons (Fsp3) is 0.619. The van der Waals surface area contributed by atoms with E-state index in [1.165, 1.54) is 5.69 Å². The minimum Gasteiger partial charge on any atom is -0.371 e. The SMILES string of the molecule is CN(C)C(=O)N1CCC(C(=O)N(C)C[C@H]2CCN(c3ccccc3)C2)CC1. The second-order valence-corrected chi connectivity index (χ2v) is 8.09. The molecule has 2 aliphatic heterocycles. The molecular weight excluding hydrogens is 340 g/mol. The highest BCUT2D eigenvalue weighted by molar-refractivity contribution is 5.79. The largest absolute Gasteiger partial charge is 0.371 e. The molecule has 27 heavy (non-hydrogen) atoms. The van der Waals surface area contributed by atoms with Crippen LogP contribution in [-0.4, -0.2) is 80.5 Å². The smallest absolute Gasteiger partial charge is 0.319 e. The molecule has 148 valence electrons. The van der Waals surface area contributed by atoms with Gasteiger partial charge in [-0.15, -0.1) is 0 Å². The number of urea groups is 1. The highest BCUT2D eigenvalue weighted by Crippen LogP contribution is 2.25. The summed E-state index contributed by atoms with van der Waals surface area (Å²) in [7, 11) is 5.48. The van der Waals surface area contributed by atoms with Gasteiger partial charge in [0, 0.05) is 65.5 Å². The molecule has 2 aliphatic rings. The lowest BCUT2D eigenvalue weighted by molar-refractivity contribution is -0.136. The summed E-state index contributed by atoms with van der Waals surface area (Å²) in [6.07, 6.45) is 2.66. The van der Waals surface area contributed by atoms with Crippen LogP contribution in [0, 0.1) is 11.8 Å². The molecular formula is C21H32N4O2. The number of para-hydroxylation sites is 1.